The van der Waals surface area contributed by atoms with Crippen LogP contribution in [0.15, 0.2) is 65.1 Å². The van der Waals surface area contributed by atoms with Crippen LogP contribution in [-0.4, -0.2) is 25.7 Å². The van der Waals surface area contributed by atoms with Crippen LogP contribution in [0.1, 0.15) is 29.0 Å². The maximum Gasteiger partial charge on any atom is 0.271 e. The fraction of sp³-hybridized carbons (Fsp3) is 0.111. The van der Waals surface area contributed by atoms with Gasteiger partial charge in [-0.2, -0.15) is 5.10 Å². The van der Waals surface area contributed by atoms with Gasteiger partial charge in [-0.25, -0.2) is 14.6 Å². The molecule has 4 rings (SSSR count). The quantitative estimate of drug-likeness (QED) is 0.585. The normalized spacial score (nSPS) is 12.0. The number of amides is 1. The molecule has 4 aromatic rings. The van der Waals surface area contributed by atoms with Gasteiger partial charge in [-0.15, -0.1) is 11.3 Å². The Balaban J connectivity index is 1.44. The highest BCUT2D eigenvalue weighted by molar-refractivity contribution is 7.13. The zero-order chi connectivity index (χ0) is 17.9. The van der Waals surface area contributed by atoms with Gasteiger partial charge in [0, 0.05) is 5.38 Å². The fourth-order valence-corrected chi connectivity index (χ4v) is 3.27. The summed E-state index contributed by atoms with van der Waals surface area (Å²) in [4.78, 5) is 20.7. The minimum absolute atomic E-state index is 0.152. The first-order valence-electron chi connectivity index (χ1n) is 7.96. The number of hydrogen-bond donors (Lipinski definition) is 1. The Bertz CT molecular complexity index is 991. The van der Waals surface area contributed by atoms with Crippen LogP contribution in [0.2, 0.25) is 0 Å². The van der Waals surface area contributed by atoms with Gasteiger partial charge in [0.25, 0.3) is 5.91 Å². The third kappa shape index (κ3) is 3.27. The summed E-state index contributed by atoms with van der Waals surface area (Å²) >= 11 is 1.38. The minimum Gasteiger partial charge on any atom is -0.462 e. The predicted octanol–water partition coefficient (Wildman–Crippen LogP) is 3.47. The average molecular weight is 365 g/mol. The van der Waals surface area contributed by atoms with Gasteiger partial charge < -0.3 is 9.73 Å². The molecule has 0 saturated heterocycles. The van der Waals surface area contributed by atoms with E-state index in [0.717, 1.165) is 11.3 Å². The Morgan fingerprint density at radius 2 is 2.12 bits per heavy atom. The molecule has 1 N–H and O–H groups in total. The Kier molecular flexibility index (Phi) is 4.32. The predicted molar refractivity (Wildman–Crippen MR) is 97.1 cm³/mol. The number of aromatic nitrogens is 4. The number of carbonyl (C=O) groups excluding carboxylic acids is 1. The van der Waals surface area contributed by atoms with E-state index < -0.39 is 0 Å². The number of benzene rings is 1. The zero-order valence-electron chi connectivity index (χ0n) is 13.9. The molecule has 3 aromatic heterocycles. The lowest BCUT2D eigenvalue weighted by atomic mass is 10.1. The number of rotatable bonds is 5. The minimum atomic E-state index is -0.216. The number of carbonyl (C=O) groups is 1. The Morgan fingerprint density at radius 3 is 2.81 bits per heavy atom. The van der Waals surface area contributed by atoms with Crippen molar-refractivity contribution in [1.29, 1.82) is 0 Å². The lowest BCUT2D eigenvalue weighted by Gasteiger charge is -2.14. The van der Waals surface area contributed by atoms with E-state index in [9.17, 15) is 4.79 Å². The van der Waals surface area contributed by atoms with Gasteiger partial charge >= 0.3 is 0 Å². The van der Waals surface area contributed by atoms with Crippen molar-refractivity contribution in [2.75, 3.05) is 0 Å². The molecule has 1 atom stereocenters. The molecule has 0 saturated carbocycles. The molecule has 0 bridgehead atoms. The van der Waals surface area contributed by atoms with E-state index in [2.05, 4.69) is 20.4 Å². The molecule has 7 nitrogen and oxygen atoms in total. The topological polar surface area (TPSA) is 85.8 Å². The maximum atomic E-state index is 12.4. The monoisotopic (exact) mass is 365 g/mol. The van der Waals surface area contributed by atoms with Crippen molar-refractivity contribution in [3.05, 3.63) is 72.0 Å². The number of hydrogen-bond acceptors (Lipinski definition) is 6. The van der Waals surface area contributed by atoms with Crippen molar-refractivity contribution in [3.8, 4) is 16.5 Å². The van der Waals surface area contributed by atoms with Crippen molar-refractivity contribution in [1.82, 2.24) is 25.1 Å². The van der Waals surface area contributed by atoms with Crippen LogP contribution in [0.5, 0.6) is 0 Å². The molecule has 0 aliphatic heterocycles. The molecule has 130 valence electrons. The summed E-state index contributed by atoms with van der Waals surface area (Å²) in [6.45, 7) is 1.93. The van der Waals surface area contributed by atoms with E-state index in [1.54, 1.807) is 28.7 Å². The SMILES string of the molecule is CC(NC(=O)c1csc(-c2ccco2)n1)c1ccc(-n2cncn2)cc1. The largest absolute Gasteiger partial charge is 0.462 e. The molecule has 1 amide bonds. The summed E-state index contributed by atoms with van der Waals surface area (Å²) in [5.41, 5.74) is 2.28. The van der Waals surface area contributed by atoms with Crippen LogP contribution in [0.3, 0.4) is 0 Å². The maximum absolute atomic E-state index is 12.4. The first kappa shape index (κ1) is 16.2. The molecule has 1 aromatic carbocycles. The molecule has 0 spiro atoms. The van der Waals surface area contributed by atoms with Crippen LogP contribution in [0.25, 0.3) is 16.5 Å². The Hall–Kier alpha value is -3.26. The van der Waals surface area contributed by atoms with Crippen LogP contribution in [0.4, 0.5) is 0 Å². The number of furan rings is 1. The number of nitrogens with one attached hydrogen (secondary N) is 1. The second-order valence-electron chi connectivity index (χ2n) is 5.64. The van der Waals surface area contributed by atoms with Crippen LogP contribution in [0, 0.1) is 0 Å². The fourth-order valence-electron chi connectivity index (χ4n) is 2.50. The summed E-state index contributed by atoms with van der Waals surface area (Å²) in [5, 5.41) is 9.47. The van der Waals surface area contributed by atoms with Crippen LogP contribution in [-0.2, 0) is 0 Å². The molecule has 1 unspecified atom stereocenters. The Morgan fingerprint density at radius 1 is 1.27 bits per heavy atom. The smallest absolute Gasteiger partial charge is 0.271 e. The number of thiazole rings is 1. The van der Waals surface area contributed by atoms with E-state index in [1.165, 1.54) is 17.7 Å². The molecule has 0 aliphatic rings. The number of nitrogens with zero attached hydrogens (tertiary/aromatic N) is 4. The highest BCUT2D eigenvalue weighted by atomic mass is 32.1. The van der Waals surface area contributed by atoms with Gasteiger partial charge in [-0.1, -0.05) is 12.1 Å². The first-order chi connectivity index (χ1) is 12.7. The third-order valence-electron chi connectivity index (χ3n) is 3.89. The van der Waals surface area contributed by atoms with Gasteiger partial charge in [-0.05, 0) is 36.8 Å². The molecule has 26 heavy (non-hydrogen) atoms. The van der Waals surface area contributed by atoms with Gasteiger partial charge in [-0.3, -0.25) is 4.79 Å². The summed E-state index contributed by atoms with van der Waals surface area (Å²) in [5.74, 6) is 0.442. The highest BCUT2D eigenvalue weighted by Gasteiger charge is 2.16. The first-order valence-corrected chi connectivity index (χ1v) is 8.84. The van der Waals surface area contributed by atoms with Crippen LogP contribution < -0.4 is 5.32 Å². The molecular weight excluding hydrogens is 350 g/mol. The van der Waals surface area contributed by atoms with Crippen molar-refractivity contribution in [2.45, 2.75) is 13.0 Å². The third-order valence-corrected chi connectivity index (χ3v) is 4.75. The molecular formula is C18H15N5O2S. The standard InChI is InChI=1S/C18H15N5O2S/c1-12(13-4-6-14(7-5-13)23-11-19-10-20-23)21-17(24)15-9-26-18(22-15)16-3-2-8-25-16/h2-12H,1H3,(H,21,24). The van der Waals surface area contributed by atoms with Gasteiger partial charge in [0.1, 0.15) is 18.3 Å². The molecule has 8 heteroatoms. The van der Waals surface area contributed by atoms with Gasteiger partial charge in [0.15, 0.2) is 10.8 Å². The summed E-state index contributed by atoms with van der Waals surface area (Å²) in [7, 11) is 0. The summed E-state index contributed by atoms with van der Waals surface area (Å²) in [6.07, 6.45) is 4.71. The zero-order valence-corrected chi connectivity index (χ0v) is 14.7. The van der Waals surface area contributed by atoms with E-state index in [-0.39, 0.29) is 11.9 Å². The molecule has 3 heterocycles. The van der Waals surface area contributed by atoms with Crippen molar-refractivity contribution in [3.63, 3.8) is 0 Å². The second kappa shape index (κ2) is 6.93. The van der Waals surface area contributed by atoms with Gasteiger partial charge in [0.05, 0.1) is 18.0 Å². The lowest BCUT2D eigenvalue weighted by Crippen LogP contribution is -2.26. The van der Waals surface area contributed by atoms with Crippen molar-refractivity contribution in [2.24, 2.45) is 0 Å². The summed E-state index contributed by atoms with van der Waals surface area (Å²) < 4.78 is 6.99. The average Bonchev–Trinajstić information content (AvgIpc) is 3.43. The Labute approximate surface area is 153 Å². The van der Waals surface area contributed by atoms with E-state index in [4.69, 9.17) is 4.42 Å². The van der Waals surface area contributed by atoms with Crippen molar-refractivity contribution < 1.29 is 9.21 Å². The molecule has 0 fully saturated rings. The molecule has 0 aliphatic carbocycles. The van der Waals surface area contributed by atoms with E-state index in [1.807, 2.05) is 37.3 Å². The van der Waals surface area contributed by atoms with Crippen molar-refractivity contribution >= 4 is 17.2 Å². The lowest BCUT2D eigenvalue weighted by molar-refractivity contribution is 0.0935. The molecule has 0 radical (unpaired) electrons. The van der Waals surface area contributed by atoms with Gasteiger partial charge in [0.2, 0.25) is 0 Å². The second-order valence-corrected chi connectivity index (χ2v) is 6.50. The van der Waals surface area contributed by atoms with E-state index >= 15 is 0 Å². The van der Waals surface area contributed by atoms with Crippen LogP contribution >= 0.6 is 11.3 Å². The summed E-state index contributed by atoms with van der Waals surface area (Å²) in [6, 6.07) is 11.2. The van der Waals surface area contributed by atoms with E-state index in [0.29, 0.717) is 16.5 Å². The highest BCUT2D eigenvalue weighted by Crippen LogP contribution is 2.24.